The third-order valence-corrected chi connectivity index (χ3v) is 7.24. The number of rotatable bonds is 4. The van der Waals surface area contributed by atoms with E-state index >= 15 is 0 Å². The summed E-state index contributed by atoms with van der Waals surface area (Å²) >= 11 is 4.31. The molecule has 2 heteroatoms. The van der Waals surface area contributed by atoms with Crippen LogP contribution < -0.4 is 0 Å². The fraction of sp³-hybridized carbons (Fsp3) is 0.647. The van der Waals surface area contributed by atoms with Gasteiger partial charge in [0.05, 0.1) is 4.58 Å². The Morgan fingerprint density at radius 2 is 1.63 bits per heavy atom. The topological polar surface area (TPSA) is 0 Å². The van der Waals surface area contributed by atoms with Gasteiger partial charge >= 0.3 is 0 Å². The second-order valence-electron chi connectivity index (χ2n) is 5.85. The van der Waals surface area contributed by atoms with E-state index in [4.69, 9.17) is 0 Å². The van der Waals surface area contributed by atoms with Gasteiger partial charge < -0.3 is 0 Å². The predicted molar refractivity (Wildman–Crippen MR) is 91.0 cm³/mol. The highest BCUT2D eigenvalue weighted by Crippen LogP contribution is 2.39. The maximum Gasteiger partial charge on any atom is 0.0509 e. The van der Waals surface area contributed by atoms with Crippen LogP contribution in [-0.2, 0) is 11.5 Å². The summed E-state index contributed by atoms with van der Waals surface area (Å²) in [7, 11) is 0. The number of aryl methyl sites for hydroxylation is 2. The van der Waals surface area contributed by atoms with Crippen molar-refractivity contribution in [2.24, 2.45) is 5.92 Å². The molecule has 1 aliphatic rings. The van der Waals surface area contributed by atoms with Gasteiger partial charge in [-0.05, 0) is 54.9 Å². The Hall–Kier alpha value is -0.0800. The van der Waals surface area contributed by atoms with Crippen LogP contribution in [0.15, 0.2) is 12.1 Å². The first-order valence-corrected chi connectivity index (χ1v) is 9.52. The van der Waals surface area contributed by atoms with Crippen molar-refractivity contribution < 1.29 is 0 Å². The van der Waals surface area contributed by atoms with Crippen LogP contribution in [0.2, 0.25) is 0 Å². The first kappa shape index (κ1) is 15.3. The van der Waals surface area contributed by atoms with Crippen LogP contribution in [-0.4, -0.2) is 4.58 Å². The van der Waals surface area contributed by atoms with E-state index < -0.39 is 0 Å². The molecule has 1 aromatic rings. The molecule has 106 valence electrons. The minimum atomic E-state index is 0.794. The minimum Gasteiger partial charge on any atom is -0.143 e. The molecule has 0 spiro atoms. The summed E-state index contributed by atoms with van der Waals surface area (Å²) in [4.78, 5) is 0. The Morgan fingerprint density at radius 3 is 2.11 bits per heavy atom. The van der Waals surface area contributed by atoms with E-state index in [1.165, 1.54) is 41.9 Å². The van der Waals surface area contributed by atoms with Gasteiger partial charge in [0.2, 0.25) is 0 Å². The molecule has 0 saturated heterocycles. The lowest BCUT2D eigenvalue weighted by atomic mass is 10.0. The van der Waals surface area contributed by atoms with Crippen LogP contribution in [0.25, 0.3) is 0 Å². The van der Waals surface area contributed by atoms with E-state index in [2.05, 4.69) is 63.4 Å². The van der Waals surface area contributed by atoms with Crippen molar-refractivity contribution in [2.75, 3.05) is 0 Å². The van der Waals surface area contributed by atoms with Crippen molar-refractivity contribution in [1.82, 2.24) is 0 Å². The number of thioether (sulfide) groups is 2. The standard InChI is InChI=1S/C17H26S2/c1-5-12(2)6-7-17-18-10-15-8-13(3)14(4)9-16(15)11-19-17/h8-9,12,17H,5-7,10-11H2,1-4H3/t12-/m1/s1. The molecule has 0 unspecified atom stereocenters. The van der Waals surface area contributed by atoms with Crippen LogP contribution in [0.1, 0.15) is 55.4 Å². The highest BCUT2D eigenvalue weighted by atomic mass is 32.2. The van der Waals surface area contributed by atoms with Crippen molar-refractivity contribution in [3.05, 3.63) is 34.4 Å². The fourth-order valence-corrected chi connectivity index (χ4v) is 5.08. The first-order valence-electron chi connectivity index (χ1n) is 7.42. The molecule has 0 amide bonds. The van der Waals surface area contributed by atoms with Gasteiger partial charge in [0.1, 0.15) is 0 Å². The molecule has 0 aliphatic carbocycles. The SMILES string of the molecule is CC[C@@H](C)CCC1SCc2cc(C)c(C)cc2CS1. The second kappa shape index (κ2) is 7.08. The molecule has 2 rings (SSSR count). The highest BCUT2D eigenvalue weighted by molar-refractivity contribution is 8.16. The third kappa shape index (κ3) is 4.19. The zero-order valence-corrected chi connectivity index (χ0v) is 14.3. The molecule has 1 aliphatic heterocycles. The molecule has 1 aromatic carbocycles. The second-order valence-corrected chi connectivity index (χ2v) is 8.53. The molecule has 0 N–H and O–H groups in total. The molecular formula is C17H26S2. The van der Waals surface area contributed by atoms with Gasteiger partial charge in [0, 0.05) is 11.5 Å². The van der Waals surface area contributed by atoms with Crippen molar-refractivity contribution >= 4 is 23.5 Å². The van der Waals surface area contributed by atoms with E-state index in [-0.39, 0.29) is 0 Å². The van der Waals surface area contributed by atoms with Gasteiger partial charge in [-0.2, -0.15) is 0 Å². The predicted octanol–water partition coefficient (Wildman–Crippen LogP) is 5.94. The maximum atomic E-state index is 2.41. The zero-order chi connectivity index (χ0) is 13.8. The van der Waals surface area contributed by atoms with Crippen LogP contribution >= 0.6 is 23.5 Å². The molecule has 19 heavy (non-hydrogen) atoms. The van der Waals surface area contributed by atoms with E-state index in [1.807, 2.05) is 0 Å². The van der Waals surface area contributed by atoms with Gasteiger partial charge in [-0.3, -0.25) is 0 Å². The summed E-state index contributed by atoms with van der Waals surface area (Å²) in [6.07, 6.45) is 4.08. The van der Waals surface area contributed by atoms with Crippen LogP contribution in [0, 0.1) is 19.8 Å². The zero-order valence-electron chi connectivity index (χ0n) is 12.7. The quantitative estimate of drug-likeness (QED) is 0.674. The number of fused-ring (bicyclic) bond motifs is 1. The largest absolute Gasteiger partial charge is 0.143 e. The Labute approximate surface area is 127 Å². The van der Waals surface area contributed by atoms with E-state index in [9.17, 15) is 0 Å². The van der Waals surface area contributed by atoms with E-state index in [0.29, 0.717) is 0 Å². The Balaban J connectivity index is 1.97. The van der Waals surface area contributed by atoms with Crippen LogP contribution in [0.5, 0.6) is 0 Å². The number of benzene rings is 1. The lowest BCUT2D eigenvalue weighted by molar-refractivity contribution is 0.507. The van der Waals surface area contributed by atoms with Gasteiger partial charge in [0.25, 0.3) is 0 Å². The Morgan fingerprint density at radius 1 is 1.11 bits per heavy atom. The number of hydrogen-bond donors (Lipinski definition) is 0. The van der Waals surface area contributed by atoms with Crippen LogP contribution in [0.3, 0.4) is 0 Å². The van der Waals surface area contributed by atoms with Crippen LogP contribution in [0.4, 0.5) is 0 Å². The molecule has 0 saturated carbocycles. The molecular weight excluding hydrogens is 268 g/mol. The van der Waals surface area contributed by atoms with Gasteiger partial charge in [0.15, 0.2) is 0 Å². The molecule has 0 nitrogen and oxygen atoms in total. The van der Waals surface area contributed by atoms with E-state index in [1.54, 1.807) is 11.1 Å². The normalized spacial score (nSPS) is 17.9. The molecule has 0 bridgehead atoms. The van der Waals surface area contributed by atoms with Crippen molar-refractivity contribution in [3.63, 3.8) is 0 Å². The molecule has 0 fully saturated rings. The van der Waals surface area contributed by atoms with Gasteiger partial charge in [-0.25, -0.2) is 0 Å². The van der Waals surface area contributed by atoms with Crippen molar-refractivity contribution in [1.29, 1.82) is 0 Å². The molecule has 0 radical (unpaired) electrons. The summed E-state index contributed by atoms with van der Waals surface area (Å²) < 4.78 is 0.794. The summed E-state index contributed by atoms with van der Waals surface area (Å²) in [5, 5.41) is 0. The fourth-order valence-electron chi connectivity index (χ4n) is 2.41. The molecule has 1 atom stereocenters. The van der Waals surface area contributed by atoms with E-state index in [0.717, 1.165) is 10.5 Å². The van der Waals surface area contributed by atoms with Crippen molar-refractivity contribution in [3.8, 4) is 0 Å². The first-order chi connectivity index (χ1) is 9.10. The lowest BCUT2D eigenvalue weighted by Gasteiger charge is -2.15. The molecule has 1 heterocycles. The molecule has 0 aromatic heterocycles. The van der Waals surface area contributed by atoms with Gasteiger partial charge in [-0.1, -0.05) is 32.4 Å². The average Bonchev–Trinajstić information content (AvgIpc) is 2.59. The number of hydrogen-bond acceptors (Lipinski definition) is 2. The third-order valence-electron chi connectivity index (χ3n) is 4.26. The Kier molecular flexibility index (Phi) is 5.70. The summed E-state index contributed by atoms with van der Waals surface area (Å²) in [6.45, 7) is 9.16. The summed E-state index contributed by atoms with van der Waals surface area (Å²) in [5.74, 6) is 3.29. The average molecular weight is 295 g/mol. The minimum absolute atomic E-state index is 0.794. The lowest BCUT2D eigenvalue weighted by Crippen LogP contribution is -2.00. The smallest absolute Gasteiger partial charge is 0.0509 e. The highest BCUT2D eigenvalue weighted by Gasteiger charge is 2.18. The summed E-state index contributed by atoms with van der Waals surface area (Å²) in [6, 6.07) is 4.82. The monoisotopic (exact) mass is 294 g/mol. The van der Waals surface area contributed by atoms with Crippen molar-refractivity contribution in [2.45, 2.75) is 63.0 Å². The maximum absolute atomic E-state index is 2.41. The summed E-state index contributed by atoms with van der Waals surface area (Å²) in [5.41, 5.74) is 6.04. The van der Waals surface area contributed by atoms with Gasteiger partial charge in [-0.15, -0.1) is 23.5 Å². The Bertz CT molecular complexity index is 393.